The Morgan fingerprint density at radius 2 is 1.33 bits per heavy atom. The minimum atomic E-state index is -1.30. The van der Waals surface area contributed by atoms with Crippen LogP contribution in [0.1, 0.15) is 38.1 Å². The summed E-state index contributed by atoms with van der Waals surface area (Å²) in [5, 5.41) is -0.590. The second-order valence-corrected chi connectivity index (χ2v) is 9.66. The number of hydrogen-bond acceptors (Lipinski definition) is 10. The van der Waals surface area contributed by atoms with E-state index < -0.39 is 68.3 Å². The molecule has 0 saturated carbocycles. The molecule has 1 aliphatic heterocycles. The van der Waals surface area contributed by atoms with Crippen LogP contribution in [0.25, 0.3) is 0 Å². The molecule has 12 heteroatoms. The van der Waals surface area contributed by atoms with Gasteiger partial charge >= 0.3 is 201 Å². The van der Waals surface area contributed by atoms with Gasteiger partial charge in [0.15, 0.2) is 0 Å². The molecule has 10 nitrogen and oxygen atoms in total. The van der Waals surface area contributed by atoms with Crippen LogP contribution in [0.5, 0.6) is 0 Å². The number of halogens is 1. The second-order valence-electron chi connectivity index (χ2n) is 6.98. The number of hydrogen-bond donors (Lipinski definition) is 0. The first-order chi connectivity index (χ1) is 15.5. The monoisotopic (exact) mass is 550 g/mol. The third kappa shape index (κ3) is 8.12. The molecule has 1 aromatic carbocycles. The van der Waals surface area contributed by atoms with Crippen LogP contribution in [0.4, 0.5) is 0 Å². The van der Waals surface area contributed by atoms with Crippen molar-refractivity contribution >= 4 is 55.1 Å². The van der Waals surface area contributed by atoms with Crippen LogP contribution < -0.4 is 0 Å². The SMILES string of the molecule is CC(=O)OC[C@H]1O[C@@H]([Se]C(=O)c2ccc(Cl)cc2)[C@H](OC(C)=O)[C@@H](OC(C)=O)[C@@H]1OC(C)=O. The quantitative estimate of drug-likeness (QED) is 0.265. The van der Waals surface area contributed by atoms with Crippen molar-refractivity contribution in [3.63, 3.8) is 0 Å². The van der Waals surface area contributed by atoms with E-state index in [-0.39, 0.29) is 11.3 Å². The Morgan fingerprint density at radius 3 is 1.85 bits per heavy atom. The summed E-state index contributed by atoms with van der Waals surface area (Å²) in [6.07, 6.45) is -4.89. The van der Waals surface area contributed by atoms with Gasteiger partial charge in [-0.2, -0.15) is 0 Å². The second kappa shape index (κ2) is 12.1. The molecular weight excluding hydrogens is 527 g/mol. The maximum absolute atomic E-state index is 12.9. The average molecular weight is 550 g/mol. The Labute approximate surface area is 201 Å². The Morgan fingerprint density at radius 1 is 0.818 bits per heavy atom. The number of carbonyl (C=O) groups is 5. The summed E-state index contributed by atoms with van der Waals surface area (Å²) in [7, 11) is 0. The van der Waals surface area contributed by atoms with Crippen LogP contribution >= 0.6 is 11.6 Å². The van der Waals surface area contributed by atoms with Gasteiger partial charge in [-0.25, -0.2) is 0 Å². The third-order valence-corrected chi connectivity index (χ3v) is 6.73. The van der Waals surface area contributed by atoms with Crippen molar-refractivity contribution in [1.82, 2.24) is 0 Å². The summed E-state index contributed by atoms with van der Waals surface area (Å²) in [6, 6.07) is 6.19. The van der Waals surface area contributed by atoms with E-state index in [0.29, 0.717) is 10.6 Å². The maximum atomic E-state index is 12.9. The van der Waals surface area contributed by atoms with Crippen molar-refractivity contribution in [3.8, 4) is 0 Å². The first kappa shape index (κ1) is 26.8. The molecule has 180 valence electrons. The van der Waals surface area contributed by atoms with E-state index in [2.05, 4.69) is 0 Å². The zero-order valence-electron chi connectivity index (χ0n) is 18.3. The van der Waals surface area contributed by atoms with Gasteiger partial charge in [-0.15, -0.1) is 0 Å². The Kier molecular flexibility index (Phi) is 9.85. The van der Waals surface area contributed by atoms with E-state index in [9.17, 15) is 24.0 Å². The van der Waals surface area contributed by atoms with E-state index >= 15 is 0 Å². The molecule has 0 unspecified atom stereocenters. The van der Waals surface area contributed by atoms with Gasteiger partial charge < -0.3 is 0 Å². The van der Waals surface area contributed by atoms with Gasteiger partial charge in [-0.05, 0) is 0 Å². The molecule has 1 fully saturated rings. The molecule has 0 amide bonds. The van der Waals surface area contributed by atoms with Gasteiger partial charge in [0.05, 0.1) is 0 Å². The van der Waals surface area contributed by atoms with Crippen LogP contribution in [0.15, 0.2) is 24.3 Å². The summed E-state index contributed by atoms with van der Waals surface area (Å²) < 4.78 is 26.7. The predicted molar refractivity (Wildman–Crippen MR) is 113 cm³/mol. The third-order valence-electron chi connectivity index (χ3n) is 4.25. The van der Waals surface area contributed by atoms with Gasteiger partial charge in [0, 0.05) is 0 Å². The van der Waals surface area contributed by atoms with Gasteiger partial charge in [0.25, 0.3) is 0 Å². The molecule has 1 aliphatic rings. The molecule has 33 heavy (non-hydrogen) atoms. The molecule has 0 radical (unpaired) electrons. The standard InChI is InChI=1S/C21H23ClO10Se/c1-10(23)28-9-16-17(29-11(2)24)18(30-12(3)25)19(31-13(4)26)21(32-16)33-20(27)14-5-7-15(22)8-6-14/h5-8,16-19,21H,9H2,1-4H3/t16-,17-,18+,19-,21+/m1/s1. The Balaban J connectivity index is 2.42. The van der Waals surface area contributed by atoms with E-state index in [0.717, 1.165) is 20.8 Å². The number of benzene rings is 1. The Bertz CT molecular complexity index is 903. The normalized spacial score (nSPS) is 24.3. The fourth-order valence-electron chi connectivity index (χ4n) is 3.04. The van der Waals surface area contributed by atoms with Crippen molar-refractivity contribution in [2.45, 2.75) is 57.1 Å². The van der Waals surface area contributed by atoms with Gasteiger partial charge in [0.2, 0.25) is 0 Å². The number of rotatable bonds is 8. The Hall–Kier alpha value is -2.46. The minimum absolute atomic E-state index is 0.305. The summed E-state index contributed by atoms with van der Waals surface area (Å²) in [5.41, 5.74) is 0.354. The molecule has 0 aliphatic carbocycles. The summed E-state index contributed by atoms with van der Waals surface area (Å²) in [4.78, 5) is 59.6. The molecular formula is C21H23ClO10Se. The average Bonchev–Trinajstić information content (AvgIpc) is 2.70. The van der Waals surface area contributed by atoms with E-state index in [1.54, 1.807) is 12.1 Å². The molecule has 0 spiro atoms. The van der Waals surface area contributed by atoms with Gasteiger partial charge in [-0.3, -0.25) is 0 Å². The predicted octanol–water partition coefficient (Wildman–Crippen LogP) is 1.27. The number of carbonyl (C=O) groups excluding carboxylic acids is 5. The zero-order valence-corrected chi connectivity index (χ0v) is 20.7. The number of esters is 4. The van der Waals surface area contributed by atoms with Crippen molar-refractivity contribution in [2.75, 3.05) is 6.61 Å². The van der Waals surface area contributed by atoms with Crippen molar-refractivity contribution in [1.29, 1.82) is 0 Å². The molecule has 5 atom stereocenters. The molecule has 0 N–H and O–H groups in total. The van der Waals surface area contributed by atoms with Crippen LogP contribution in [0.2, 0.25) is 5.02 Å². The fourth-order valence-corrected chi connectivity index (χ4v) is 5.32. The molecule has 1 saturated heterocycles. The summed E-state index contributed by atoms with van der Waals surface area (Å²) in [6.45, 7) is 4.24. The van der Waals surface area contributed by atoms with Gasteiger partial charge in [-0.1, -0.05) is 0 Å². The van der Waals surface area contributed by atoms with E-state index in [1.165, 1.54) is 19.1 Å². The molecule has 1 aromatic rings. The molecule has 1 heterocycles. The van der Waals surface area contributed by atoms with Crippen LogP contribution in [-0.2, 0) is 42.9 Å². The zero-order chi connectivity index (χ0) is 24.7. The fraction of sp³-hybridized carbons (Fsp3) is 0.476. The van der Waals surface area contributed by atoms with Crippen molar-refractivity contribution < 1.29 is 47.7 Å². The number of ether oxygens (including phenoxy) is 5. The van der Waals surface area contributed by atoms with Gasteiger partial charge in [0.1, 0.15) is 0 Å². The van der Waals surface area contributed by atoms with Crippen molar-refractivity contribution in [2.24, 2.45) is 0 Å². The van der Waals surface area contributed by atoms with Crippen molar-refractivity contribution in [3.05, 3.63) is 34.9 Å². The van der Waals surface area contributed by atoms with Crippen LogP contribution in [-0.4, -0.2) is 79.5 Å². The summed E-state index contributed by atoms with van der Waals surface area (Å²) in [5.74, 6) is -2.81. The van der Waals surface area contributed by atoms with E-state index in [4.69, 9.17) is 35.3 Å². The molecule has 2 rings (SSSR count). The first-order valence-electron chi connectivity index (χ1n) is 9.75. The summed E-state index contributed by atoms with van der Waals surface area (Å²) >= 11 is 4.89. The molecule has 0 aromatic heterocycles. The topological polar surface area (TPSA) is 132 Å². The van der Waals surface area contributed by atoms with E-state index in [1.807, 2.05) is 0 Å². The molecule has 0 bridgehead atoms. The van der Waals surface area contributed by atoms with Crippen LogP contribution in [0.3, 0.4) is 0 Å². The van der Waals surface area contributed by atoms with Crippen LogP contribution in [0, 0.1) is 0 Å². The first-order valence-corrected chi connectivity index (χ1v) is 12.0.